The summed E-state index contributed by atoms with van der Waals surface area (Å²) < 4.78 is 17.7. The normalized spacial score (nSPS) is 17.0. The van der Waals surface area contributed by atoms with Gasteiger partial charge in [-0.2, -0.15) is 0 Å². The Morgan fingerprint density at radius 1 is 1.25 bits per heavy atom. The number of aliphatic hydroxyl groups is 1. The van der Waals surface area contributed by atoms with Gasteiger partial charge in [0.2, 0.25) is 5.91 Å². The Morgan fingerprint density at radius 2 is 2.04 bits per heavy atom. The highest BCUT2D eigenvalue weighted by molar-refractivity contribution is 7.84. The molecule has 1 N–H and O–H groups in total. The van der Waals surface area contributed by atoms with Crippen molar-refractivity contribution in [2.24, 2.45) is 0 Å². The summed E-state index contributed by atoms with van der Waals surface area (Å²) in [6.45, 7) is 1.09. The first kappa shape index (κ1) is 16.9. The van der Waals surface area contributed by atoms with Crippen LogP contribution in [0.1, 0.15) is 18.4 Å². The van der Waals surface area contributed by atoms with Crippen LogP contribution in [0.2, 0.25) is 0 Å². The second kappa shape index (κ2) is 7.77. The number of amides is 1. The van der Waals surface area contributed by atoms with Crippen molar-refractivity contribution in [1.82, 2.24) is 4.90 Å². The summed E-state index contributed by atoms with van der Waals surface area (Å²) >= 11 is 0. The number of rotatable bonds is 5. The molecule has 0 spiro atoms. The van der Waals surface area contributed by atoms with E-state index in [4.69, 9.17) is 4.42 Å². The lowest BCUT2D eigenvalue weighted by Gasteiger charge is -2.29. The molecule has 1 aromatic carbocycles. The molecule has 1 fully saturated rings. The molecule has 1 unspecified atom stereocenters. The number of aliphatic hydroxyl groups excluding tert-OH is 1. The van der Waals surface area contributed by atoms with Gasteiger partial charge >= 0.3 is 0 Å². The van der Waals surface area contributed by atoms with Crippen molar-refractivity contribution in [2.45, 2.75) is 24.7 Å². The van der Waals surface area contributed by atoms with Crippen molar-refractivity contribution < 1.29 is 18.5 Å². The fraction of sp³-hybridized carbons (Fsp3) is 0.389. The second-order valence-corrected chi connectivity index (χ2v) is 7.48. The van der Waals surface area contributed by atoms with Crippen LogP contribution in [0.5, 0.6) is 0 Å². The lowest BCUT2D eigenvalue weighted by molar-refractivity contribution is -0.130. The van der Waals surface area contributed by atoms with Gasteiger partial charge in [-0.1, -0.05) is 18.2 Å². The Morgan fingerprint density at radius 3 is 2.75 bits per heavy atom. The average Bonchev–Trinajstić information content (AvgIpc) is 3.10. The van der Waals surface area contributed by atoms with E-state index in [1.165, 1.54) is 0 Å². The highest BCUT2D eigenvalue weighted by atomic mass is 32.2. The van der Waals surface area contributed by atoms with Gasteiger partial charge in [-0.25, -0.2) is 0 Å². The summed E-state index contributed by atoms with van der Waals surface area (Å²) in [6.07, 6.45) is 2.51. The molecule has 6 heteroatoms. The van der Waals surface area contributed by atoms with Crippen molar-refractivity contribution in [2.75, 3.05) is 18.8 Å². The van der Waals surface area contributed by atoms with Crippen LogP contribution in [0.3, 0.4) is 0 Å². The molecular weight excluding hydrogens is 326 g/mol. The third-order valence-electron chi connectivity index (χ3n) is 4.16. The van der Waals surface area contributed by atoms with E-state index < -0.39 is 10.8 Å². The fourth-order valence-corrected chi connectivity index (χ4v) is 3.95. The monoisotopic (exact) mass is 347 g/mol. The van der Waals surface area contributed by atoms with E-state index in [2.05, 4.69) is 0 Å². The van der Waals surface area contributed by atoms with Crippen molar-refractivity contribution in [3.8, 4) is 11.3 Å². The van der Waals surface area contributed by atoms with Crippen molar-refractivity contribution in [3.05, 3.63) is 48.2 Å². The summed E-state index contributed by atoms with van der Waals surface area (Å²) in [4.78, 5) is 13.9. The van der Waals surface area contributed by atoms with Gasteiger partial charge in [-0.05, 0) is 36.6 Å². The molecule has 1 amide bonds. The van der Waals surface area contributed by atoms with Crippen LogP contribution in [0.4, 0.5) is 0 Å². The largest absolute Gasteiger partial charge is 0.464 e. The second-order valence-electron chi connectivity index (χ2n) is 6.02. The Bertz CT molecular complexity index is 706. The van der Waals surface area contributed by atoms with Gasteiger partial charge in [0.1, 0.15) is 11.5 Å². The molecule has 2 aromatic rings. The van der Waals surface area contributed by atoms with Gasteiger partial charge in [-0.3, -0.25) is 9.00 Å². The maximum atomic E-state index is 12.3. The number of furan rings is 1. The van der Waals surface area contributed by atoms with Crippen LogP contribution in [0.15, 0.2) is 47.1 Å². The number of hydrogen-bond donors (Lipinski definition) is 1. The van der Waals surface area contributed by atoms with Gasteiger partial charge in [0.15, 0.2) is 0 Å². The van der Waals surface area contributed by atoms with E-state index in [9.17, 15) is 14.1 Å². The molecule has 1 saturated heterocycles. The number of benzene rings is 1. The molecule has 1 aliphatic rings. The highest BCUT2D eigenvalue weighted by Gasteiger charge is 2.22. The Kier molecular flexibility index (Phi) is 5.48. The third kappa shape index (κ3) is 4.33. The lowest BCUT2D eigenvalue weighted by Crippen LogP contribution is -2.42. The molecule has 3 rings (SSSR count). The number of piperidine rings is 1. The topological polar surface area (TPSA) is 70.8 Å². The van der Waals surface area contributed by atoms with E-state index in [-0.39, 0.29) is 17.8 Å². The van der Waals surface area contributed by atoms with Gasteiger partial charge in [-0.15, -0.1) is 0 Å². The van der Waals surface area contributed by atoms with Crippen molar-refractivity contribution in [3.63, 3.8) is 0 Å². The first-order valence-corrected chi connectivity index (χ1v) is 9.54. The summed E-state index contributed by atoms with van der Waals surface area (Å²) in [6, 6.07) is 11.4. The quantitative estimate of drug-likeness (QED) is 0.900. The zero-order chi connectivity index (χ0) is 16.9. The van der Waals surface area contributed by atoms with Gasteiger partial charge in [0, 0.05) is 35.2 Å². The van der Waals surface area contributed by atoms with Crippen molar-refractivity contribution in [1.29, 1.82) is 0 Å². The number of hydrogen-bond acceptors (Lipinski definition) is 4. The van der Waals surface area contributed by atoms with E-state index in [1.54, 1.807) is 11.2 Å². The molecule has 0 radical (unpaired) electrons. The molecular formula is C18H21NO4S. The fourth-order valence-electron chi connectivity index (χ4n) is 2.84. The minimum Gasteiger partial charge on any atom is -0.464 e. The molecule has 128 valence electrons. The summed E-state index contributed by atoms with van der Waals surface area (Å²) in [5.74, 6) is 1.05. The highest BCUT2D eigenvalue weighted by Crippen LogP contribution is 2.21. The van der Waals surface area contributed by atoms with Crippen LogP contribution in [-0.2, 0) is 21.3 Å². The predicted molar refractivity (Wildman–Crippen MR) is 92.7 cm³/mol. The van der Waals surface area contributed by atoms with E-state index in [1.807, 2.05) is 36.4 Å². The molecule has 0 aliphatic carbocycles. The number of nitrogens with zero attached hydrogens (tertiary/aromatic N) is 1. The Labute approximate surface area is 143 Å². The average molecular weight is 347 g/mol. The summed E-state index contributed by atoms with van der Waals surface area (Å²) in [7, 11) is -1.25. The number of carbonyl (C=O) groups is 1. The maximum absolute atomic E-state index is 12.3. The van der Waals surface area contributed by atoms with E-state index >= 15 is 0 Å². The number of carbonyl (C=O) groups excluding carboxylic acids is 1. The maximum Gasteiger partial charge on any atom is 0.235 e. The van der Waals surface area contributed by atoms with Crippen LogP contribution in [0, 0.1) is 0 Å². The molecule has 24 heavy (non-hydrogen) atoms. The Balaban J connectivity index is 1.57. The van der Waals surface area contributed by atoms with Crippen molar-refractivity contribution >= 4 is 16.7 Å². The molecule has 2 heterocycles. The molecule has 1 aliphatic heterocycles. The van der Waals surface area contributed by atoms with Crippen LogP contribution in [-0.4, -0.2) is 45.1 Å². The van der Waals surface area contributed by atoms with E-state index in [0.29, 0.717) is 31.7 Å². The van der Waals surface area contributed by atoms with Gasteiger partial charge in [0.05, 0.1) is 12.4 Å². The van der Waals surface area contributed by atoms with Gasteiger partial charge in [0.25, 0.3) is 0 Å². The standard InChI is InChI=1S/C18H21NO4S/c20-16-6-8-19(9-7-16)18(21)13-24(22)12-14-3-1-4-15(11-14)17-5-2-10-23-17/h1-5,10-11,16,20H,6-9,12-13H2. The third-order valence-corrected chi connectivity index (χ3v) is 5.39. The first-order valence-electron chi connectivity index (χ1n) is 8.05. The summed E-state index contributed by atoms with van der Waals surface area (Å²) in [5, 5.41) is 9.48. The molecule has 0 bridgehead atoms. The predicted octanol–water partition coefficient (Wildman–Crippen LogP) is 2.18. The molecule has 0 saturated carbocycles. The molecule has 1 atom stereocenters. The summed E-state index contributed by atoms with van der Waals surface area (Å²) in [5.41, 5.74) is 1.86. The SMILES string of the molecule is O=C(CS(=O)Cc1cccc(-c2ccco2)c1)N1CCC(O)CC1. The minimum absolute atomic E-state index is 0.0288. The molecule has 1 aromatic heterocycles. The molecule has 5 nitrogen and oxygen atoms in total. The van der Waals surface area contributed by atoms with Crippen LogP contribution < -0.4 is 0 Å². The van der Waals surface area contributed by atoms with Gasteiger partial charge < -0.3 is 14.4 Å². The Hall–Kier alpha value is -1.92. The zero-order valence-electron chi connectivity index (χ0n) is 13.4. The first-order chi connectivity index (χ1) is 11.6. The minimum atomic E-state index is -1.25. The van der Waals surface area contributed by atoms with E-state index in [0.717, 1.165) is 16.9 Å². The lowest BCUT2D eigenvalue weighted by atomic mass is 10.1. The number of likely N-dealkylation sites (tertiary alicyclic amines) is 1. The smallest absolute Gasteiger partial charge is 0.235 e. The van der Waals surface area contributed by atoms with Crippen LogP contribution >= 0.6 is 0 Å². The zero-order valence-corrected chi connectivity index (χ0v) is 14.2. The van der Waals surface area contributed by atoms with Crippen LogP contribution in [0.25, 0.3) is 11.3 Å².